The maximum Gasteiger partial charge on any atom is 0.225 e. The van der Waals surface area contributed by atoms with Crippen LogP contribution in [0.25, 0.3) is 0 Å². The molecule has 102 valence electrons. The van der Waals surface area contributed by atoms with Crippen LogP contribution in [0.2, 0.25) is 0 Å². The van der Waals surface area contributed by atoms with Gasteiger partial charge in [0.2, 0.25) is 11.8 Å². The van der Waals surface area contributed by atoms with Crippen molar-refractivity contribution in [3.8, 4) is 11.8 Å². The molecule has 0 fully saturated rings. The van der Waals surface area contributed by atoms with Crippen LogP contribution in [-0.4, -0.2) is 20.8 Å². The predicted octanol–water partition coefficient (Wildman–Crippen LogP) is 2.41. The Kier molecular flexibility index (Phi) is 4.16. The number of aryl methyl sites for hydroxylation is 2. The lowest BCUT2D eigenvalue weighted by molar-refractivity contribution is 0.407. The van der Waals surface area contributed by atoms with Crippen LogP contribution in [0.15, 0.2) is 24.4 Å². The van der Waals surface area contributed by atoms with Gasteiger partial charge in [0.05, 0.1) is 5.69 Å². The Hall–Kier alpha value is -1.88. The summed E-state index contributed by atoms with van der Waals surface area (Å²) in [6, 6.07) is 6.25. The molecule has 0 aromatic carbocycles. The molecule has 1 N–H and O–H groups in total. The Morgan fingerprint density at radius 2 is 2.21 bits per heavy atom. The van der Waals surface area contributed by atoms with E-state index in [0.29, 0.717) is 17.8 Å². The molecular weight excluding hydrogens is 240 g/mol. The molecule has 2 aromatic heterocycles. The van der Waals surface area contributed by atoms with E-state index >= 15 is 0 Å². The van der Waals surface area contributed by atoms with Crippen molar-refractivity contribution >= 4 is 0 Å². The van der Waals surface area contributed by atoms with Crippen molar-refractivity contribution in [2.45, 2.75) is 33.4 Å². The standard InChI is InChI=1S/C14H20N4O/c1-10(2)16-9-12-6-5-7-15-14(12)19-13-8-11(3)17-18(13)4/h5-8,10,16H,9H2,1-4H3. The van der Waals surface area contributed by atoms with Crippen molar-refractivity contribution in [1.29, 1.82) is 0 Å². The van der Waals surface area contributed by atoms with Gasteiger partial charge in [-0.1, -0.05) is 19.9 Å². The van der Waals surface area contributed by atoms with Gasteiger partial charge in [0.15, 0.2) is 0 Å². The maximum absolute atomic E-state index is 5.84. The summed E-state index contributed by atoms with van der Waals surface area (Å²) in [4.78, 5) is 4.30. The van der Waals surface area contributed by atoms with Crippen LogP contribution in [0, 0.1) is 6.92 Å². The first-order chi connectivity index (χ1) is 9.06. The van der Waals surface area contributed by atoms with E-state index in [2.05, 4.69) is 29.2 Å². The number of hydrogen-bond donors (Lipinski definition) is 1. The third kappa shape index (κ3) is 3.54. The molecule has 2 rings (SSSR count). The molecule has 0 atom stereocenters. The number of nitrogens with one attached hydrogen (secondary N) is 1. The smallest absolute Gasteiger partial charge is 0.225 e. The van der Waals surface area contributed by atoms with Gasteiger partial charge in [0.1, 0.15) is 0 Å². The Morgan fingerprint density at radius 3 is 2.84 bits per heavy atom. The molecule has 0 aliphatic heterocycles. The third-order valence-electron chi connectivity index (χ3n) is 2.71. The van der Waals surface area contributed by atoms with Gasteiger partial charge in [-0.05, 0) is 13.0 Å². The van der Waals surface area contributed by atoms with Crippen molar-refractivity contribution in [3.05, 3.63) is 35.7 Å². The fourth-order valence-electron chi connectivity index (χ4n) is 1.75. The molecule has 0 radical (unpaired) electrons. The average Bonchev–Trinajstić information content (AvgIpc) is 2.67. The molecule has 5 nitrogen and oxygen atoms in total. The van der Waals surface area contributed by atoms with Crippen molar-refractivity contribution < 1.29 is 4.74 Å². The zero-order valence-electron chi connectivity index (χ0n) is 11.8. The highest BCUT2D eigenvalue weighted by molar-refractivity contribution is 5.29. The highest BCUT2D eigenvalue weighted by Gasteiger charge is 2.09. The second kappa shape index (κ2) is 5.84. The number of ether oxygens (including phenoxy) is 1. The Labute approximate surface area is 113 Å². The zero-order valence-corrected chi connectivity index (χ0v) is 11.8. The number of pyridine rings is 1. The molecule has 2 heterocycles. The van der Waals surface area contributed by atoms with Crippen LogP contribution in [0.4, 0.5) is 0 Å². The van der Waals surface area contributed by atoms with Gasteiger partial charge < -0.3 is 10.1 Å². The minimum Gasteiger partial charge on any atom is -0.421 e. The van der Waals surface area contributed by atoms with Gasteiger partial charge in [0, 0.05) is 37.5 Å². The fourth-order valence-corrected chi connectivity index (χ4v) is 1.75. The van der Waals surface area contributed by atoms with E-state index in [9.17, 15) is 0 Å². The quantitative estimate of drug-likeness (QED) is 0.897. The van der Waals surface area contributed by atoms with Crippen molar-refractivity contribution in [1.82, 2.24) is 20.1 Å². The molecule has 0 saturated heterocycles. The summed E-state index contributed by atoms with van der Waals surface area (Å²) in [5, 5.41) is 7.62. The normalized spacial score (nSPS) is 11.0. The van der Waals surface area contributed by atoms with E-state index < -0.39 is 0 Å². The number of hydrogen-bond acceptors (Lipinski definition) is 4. The molecule has 2 aromatic rings. The Morgan fingerprint density at radius 1 is 1.42 bits per heavy atom. The Balaban J connectivity index is 2.17. The van der Waals surface area contributed by atoms with Crippen LogP contribution in [0.1, 0.15) is 25.1 Å². The van der Waals surface area contributed by atoms with Crippen LogP contribution in [0.5, 0.6) is 11.8 Å². The maximum atomic E-state index is 5.84. The molecule has 19 heavy (non-hydrogen) atoms. The van der Waals surface area contributed by atoms with Crippen LogP contribution >= 0.6 is 0 Å². The number of nitrogens with zero attached hydrogens (tertiary/aromatic N) is 3. The van der Waals surface area contributed by atoms with E-state index in [4.69, 9.17) is 4.74 Å². The number of rotatable bonds is 5. The van der Waals surface area contributed by atoms with Crippen molar-refractivity contribution in [2.24, 2.45) is 7.05 Å². The fraction of sp³-hybridized carbons (Fsp3) is 0.429. The Bertz CT molecular complexity index is 548. The van der Waals surface area contributed by atoms with E-state index in [-0.39, 0.29) is 0 Å². The average molecular weight is 260 g/mol. The summed E-state index contributed by atoms with van der Waals surface area (Å²) >= 11 is 0. The van der Waals surface area contributed by atoms with Gasteiger partial charge >= 0.3 is 0 Å². The van der Waals surface area contributed by atoms with E-state index in [1.807, 2.05) is 32.2 Å². The van der Waals surface area contributed by atoms with E-state index in [1.54, 1.807) is 10.9 Å². The number of aromatic nitrogens is 3. The summed E-state index contributed by atoms with van der Waals surface area (Å²) in [6.07, 6.45) is 1.73. The lowest BCUT2D eigenvalue weighted by atomic mass is 10.2. The van der Waals surface area contributed by atoms with E-state index in [1.165, 1.54) is 0 Å². The molecule has 0 aliphatic rings. The van der Waals surface area contributed by atoms with Gasteiger partial charge in [-0.3, -0.25) is 0 Å². The zero-order chi connectivity index (χ0) is 13.8. The second-order valence-corrected chi connectivity index (χ2v) is 4.85. The first-order valence-electron chi connectivity index (χ1n) is 6.42. The summed E-state index contributed by atoms with van der Waals surface area (Å²) in [7, 11) is 1.86. The highest BCUT2D eigenvalue weighted by atomic mass is 16.5. The predicted molar refractivity (Wildman–Crippen MR) is 74.2 cm³/mol. The lowest BCUT2D eigenvalue weighted by Crippen LogP contribution is -2.22. The third-order valence-corrected chi connectivity index (χ3v) is 2.71. The summed E-state index contributed by atoms with van der Waals surface area (Å²) in [5.41, 5.74) is 1.96. The molecule has 0 amide bonds. The van der Waals surface area contributed by atoms with Crippen LogP contribution < -0.4 is 10.1 Å². The largest absolute Gasteiger partial charge is 0.421 e. The molecule has 0 unspecified atom stereocenters. The summed E-state index contributed by atoms with van der Waals surface area (Å²) in [6.45, 7) is 6.90. The highest BCUT2D eigenvalue weighted by Crippen LogP contribution is 2.23. The first kappa shape index (κ1) is 13.5. The lowest BCUT2D eigenvalue weighted by Gasteiger charge is -2.12. The topological polar surface area (TPSA) is 52.0 Å². The molecule has 0 saturated carbocycles. The van der Waals surface area contributed by atoms with Crippen molar-refractivity contribution in [3.63, 3.8) is 0 Å². The summed E-state index contributed by atoms with van der Waals surface area (Å²) < 4.78 is 7.55. The molecule has 0 bridgehead atoms. The second-order valence-electron chi connectivity index (χ2n) is 4.85. The van der Waals surface area contributed by atoms with Crippen LogP contribution in [-0.2, 0) is 13.6 Å². The molecule has 0 aliphatic carbocycles. The molecular formula is C14H20N4O. The van der Waals surface area contributed by atoms with Gasteiger partial charge in [0.25, 0.3) is 0 Å². The van der Waals surface area contributed by atoms with E-state index in [0.717, 1.165) is 17.8 Å². The SMILES string of the molecule is Cc1cc(Oc2ncccc2CNC(C)C)n(C)n1. The van der Waals surface area contributed by atoms with Crippen molar-refractivity contribution in [2.75, 3.05) is 0 Å². The van der Waals surface area contributed by atoms with Crippen LogP contribution in [0.3, 0.4) is 0 Å². The summed E-state index contributed by atoms with van der Waals surface area (Å²) in [5.74, 6) is 1.32. The minimum atomic E-state index is 0.423. The minimum absolute atomic E-state index is 0.423. The van der Waals surface area contributed by atoms with Gasteiger partial charge in [-0.15, -0.1) is 0 Å². The van der Waals surface area contributed by atoms with Gasteiger partial charge in [-0.25, -0.2) is 9.67 Å². The molecule has 5 heteroatoms. The van der Waals surface area contributed by atoms with Gasteiger partial charge in [-0.2, -0.15) is 5.10 Å². The monoisotopic (exact) mass is 260 g/mol. The first-order valence-corrected chi connectivity index (χ1v) is 6.42. The molecule has 0 spiro atoms.